The first-order valence-electron chi connectivity index (χ1n) is 3.36. The van der Waals surface area contributed by atoms with Crippen LogP contribution in [0.15, 0.2) is 24.5 Å². The molecule has 1 rings (SSSR count). The van der Waals surface area contributed by atoms with E-state index >= 15 is 0 Å². The minimum atomic E-state index is -4.62. The van der Waals surface area contributed by atoms with Crippen LogP contribution in [0.1, 0.15) is 0 Å². The van der Waals surface area contributed by atoms with Crippen LogP contribution in [0.4, 0.5) is 17.6 Å². The summed E-state index contributed by atoms with van der Waals surface area (Å²) in [4.78, 5) is -0.988. The number of halogens is 5. The molecule has 0 atom stereocenters. The number of ether oxygens (including phenoxy) is 1. The second kappa shape index (κ2) is 3.72. The first-order chi connectivity index (χ1) is 6.33. The number of pyridine rings is 1. The van der Waals surface area contributed by atoms with Crippen molar-refractivity contribution in [2.24, 2.45) is 0 Å². The summed E-state index contributed by atoms with van der Waals surface area (Å²) in [5.41, 5.74) is 0. The third-order valence-corrected chi connectivity index (χ3v) is 1.67. The average molecular weight is 274 g/mol. The Morgan fingerprint density at radius 3 is 2.36 bits per heavy atom. The van der Waals surface area contributed by atoms with E-state index in [1.54, 1.807) is 0 Å². The lowest BCUT2D eigenvalue weighted by Crippen LogP contribution is -2.40. The summed E-state index contributed by atoms with van der Waals surface area (Å²) >= 11 is 1.53. The van der Waals surface area contributed by atoms with E-state index in [1.165, 1.54) is 28.2 Å². The highest BCUT2D eigenvalue weighted by Gasteiger charge is 2.57. The Hall–Kier alpha value is -0.850. The molecule has 1 aromatic heterocycles. The normalized spacial score (nSPS) is 12.6. The van der Waals surface area contributed by atoms with Crippen molar-refractivity contribution >= 4 is 15.9 Å². The van der Waals surface area contributed by atoms with Crippen LogP contribution < -0.4 is 4.74 Å². The molecule has 0 bridgehead atoms. The number of nitrogens with zero attached hydrogens (tertiary/aromatic N) is 1. The summed E-state index contributed by atoms with van der Waals surface area (Å²) in [5, 5.41) is 0. The van der Waals surface area contributed by atoms with E-state index in [0.29, 0.717) is 0 Å². The summed E-state index contributed by atoms with van der Waals surface area (Å²) in [6.45, 7) is 0. The van der Waals surface area contributed by atoms with Crippen molar-refractivity contribution in [2.45, 2.75) is 10.9 Å². The molecule has 0 N–H and O–H groups in total. The van der Waals surface area contributed by atoms with Crippen LogP contribution in [0.25, 0.3) is 0 Å². The summed E-state index contributed by atoms with van der Waals surface area (Å²) in [5.74, 6) is -0.434. The van der Waals surface area contributed by atoms with Crippen LogP contribution in [0.3, 0.4) is 0 Å². The van der Waals surface area contributed by atoms with Crippen LogP contribution in [0.2, 0.25) is 0 Å². The third kappa shape index (κ3) is 2.57. The van der Waals surface area contributed by atoms with Gasteiger partial charge >= 0.3 is 10.9 Å². The van der Waals surface area contributed by atoms with Gasteiger partial charge in [0, 0.05) is 22.1 Å². The fourth-order valence-corrected chi connectivity index (χ4v) is 0.694. The van der Waals surface area contributed by atoms with Gasteiger partial charge < -0.3 is 4.74 Å². The molecule has 0 radical (unpaired) electrons. The largest absolute Gasteiger partial charge is 0.475 e. The molecular formula is C7H4BrF4NO. The van der Waals surface area contributed by atoms with E-state index in [9.17, 15) is 17.6 Å². The lowest BCUT2D eigenvalue weighted by atomic mass is 10.4. The maximum atomic E-state index is 12.6. The molecule has 0 aliphatic carbocycles. The molecule has 0 fully saturated rings. The molecule has 78 valence electrons. The predicted molar refractivity (Wildman–Crippen MR) is 43.7 cm³/mol. The summed E-state index contributed by atoms with van der Waals surface area (Å²) in [6.07, 6.45) is -2.40. The fraction of sp³-hybridized carbons (Fsp3) is 0.286. The van der Waals surface area contributed by atoms with Gasteiger partial charge in [-0.05, 0) is 12.1 Å². The molecule has 0 amide bonds. The quantitative estimate of drug-likeness (QED) is 0.624. The Labute approximate surface area is 85.0 Å². The highest BCUT2D eigenvalue weighted by atomic mass is 79.9. The van der Waals surface area contributed by atoms with Crippen molar-refractivity contribution in [3.8, 4) is 5.75 Å². The van der Waals surface area contributed by atoms with Crippen LogP contribution in [0.5, 0.6) is 5.75 Å². The number of aromatic nitrogens is 1. The minimum Gasteiger partial charge on any atom is -0.426 e. The van der Waals surface area contributed by atoms with Crippen LogP contribution >= 0.6 is 15.9 Å². The summed E-state index contributed by atoms with van der Waals surface area (Å²) < 4.78 is 53.3. The van der Waals surface area contributed by atoms with Gasteiger partial charge in [0.25, 0.3) is 0 Å². The van der Waals surface area contributed by atoms with Gasteiger partial charge in [-0.25, -0.2) is 0 Å². The third-order valence-electron chi connectivity index (χ3n) is 1.21. The van der Waals surface area contributed by atoms with E-state index in [4.69, 9.17) is 0 Å². The Morgan fingerprint density at radius 2 is 1.93 bits per heavy atom. The smallest absolute Gasteiger partial charge is 0.426 e. The van der Waals surface area contributed by atoms with Gasteiger partial charge in [0.2, 0.25) is 0 Å². The van der Waals surface area contributed by atoms with Gasteiger partial charge in [-0.3, -0.25) is 4.98 Å². The zero-order valence-corrected chi connectivity index (χ0v) is 8.14. The lowest BCUT2D eigenvalue weighted by Gasteiger charge is -2.21. The van der Waals surface area contributed by atoms with Crippen molar-refractivity contribution < 1.29 is 22.3 Å². The topological polar surface area (TPSA) is 22.1 Å². The van der Waals surface area contributed by atoms with E-state index in [-0.39, 0.29) is 0 Å². The SMILES string of the molecule is FC(F)(Br)C(F)(F)Oc1cccnc1. The average Bonchev–Trinajstić information content (AvgIpc) is 2.03. The predicted octanol–water partition coefficient (Wildman–Crippen LogP) is 3.04. The molecule has 0 aliphatic heterocycles. The molecule has 2 nitrogen and oxygen atoms in total. The van der Waals surface area contributed by atoms with Crippen molar-refractivity contribution in [2.75, 3.05) is 0 Å². The first-order valence-corrected chi connectivity index (χ1v) is 4.16. The van der Waals surface area contributed by atoms with Gasteiger partial charge in [0.05, 0.1) is 6.20 Å². The van der Waals surface area contributed by atoms with Gasteiger partial charge in [-0.15, -0.1) is 0 Å². The fourth-order valence-electron chi connectivity index (χ4n) is 0.613. The zero-order chi connectivity index (χ0) is 10.8. The maximum absolute atomic E-state index is 12.6. The molecule has 0 saturated carbocycles. The Morgan fingerprint density at radius 1 is 1.29 bits per heavy atom. The zero-order valence-electron chi connectivity index (χ0n) is 6.55. The molecule has 0 saturated heterocycles. The molecule has 0 aliphatic rings. The van der Waals surface area contributed by atoms with E-state index < -0.39 is 16.7 Å². The van der Waals surface area contributed by atoms with Gasteiger partial charge in [0.15, 0.2) is 0 Å². The number of rotatable bonds is 3. The Balaban J connectivity index is 2.79. The van der Waals surface area contributed by atoms with Gasteiger partial charge in [-0.1, -0.05) is 0 Å². The molecule has 0 unspecified atom stereocenters. The summed E-state index contributed by atoms with van der Waals surface area (Å²) in [7, 11) is 0. The number of hydrogen-bond donors (Lipinski definition) is 0. The van der Waals surface area contributed by atoms with Crippen LogP contribution in [-0.4, -0.2) is 15.9 Å². The maximum Gasteiger partial charge on any atom is 0.475 e. The van der Waals surface area contributed by atoms with Crippen LogP contribution in [-0.2, 0) is 0 Å². The standard InChI is InChI=1S/C7H4BrF4NO/c8-6(9,10)7(11,12)14-5-2-1-3-13-4-5/h1-4H. The van der Waals surface area contributed by atoms with Crippen molar-refractivity contribution in [3.05, 3.63) is 24.5 Å². The molecule has 1 heterocycles. The minimum absolute atomic E-state index is 0.434. The van der Waals surface area contributed by atoms with E-state index in [1.807, 2.05) is 0 Å². The molecule has 0 aromatic carbocycles. The van der Waals surface area contributed by atoms with Crippen molar-refractivity contribution in [3.63, 3.8) is 0 Å². The second-order valence-electron chi connectivity index (χ2n) is 2.31. The first kappa shape index (κ1) is 11.2. The van der Waals surface area contributed by atoms with Gasteiger partial charge in [-0.2, -0.15) is 17.6 Å². The second-order valence-corrected chi connectivity index (χ2v) is 3.30. The van der Waals surface area contributed by atoms with Gasteiger partial charge in [0.1, 0.15) is 5.75 Å². The summed E-state index contributed by atoms with van der Waals surface area (Å²) in [6, 6.07) is 2.39. The molecule has 14 heavy (non-hydrogen) atoms. The number of hydrogen-bond acceptors (Lipinski definition) is 2. The van der Waals surface area contributed by atoms with Crippen molar-refractivity contribution in [1.29, 1.82) is 0 Å². The molecule has 7 heteroatoms. The highest BCUT2D eigenvalue weighted by Crippen LogP contribution is 2.40. The molecule has 0 spiro atoms. The highest BCUT2D eigenvalue weighted by molar-refractivity contribution is 9.10. The van der Waals surface area contributed by atoms with E-state index in [0.717, 1.165) is 12.3 Å². The number of alkyl halides is 5. The monoisotopic (exact) mass is 273 g/mol. The molecule has 1 aromatic rings. The Kier molecular flexibility index (Phi) is 2.98. The lowest BCUT2D eigenvalue weighted by molar-refractivity contribution is -0.266. The molecular weight excluding hydrogens is 270 g/mol. The van der Waals surface area contributed by atoms with Crippen molar-refractivity contribution in [1.82, 2.24) is 4.98 Å². The van der Waals surface area contributed by atoms with Crippen LogP contribution in [0, 0.1) is 0 Å². The Bertz CT molecular complexity index is 300. The van der Waals surface area contributed by atoms with E-state index in [2.05, 4.69) is 9.72 Å².